The molecular formula is C22H15F3N4. The minimum atomic E-state index is -4.36. The van der Waals surface area contributed by atoms with Crippen LogP contribution in [0.2, 0.25) is 0 Å². The van der Waals surface area contributed by atoms with Gasteiger partial charge in [-0.2, -0.15) is 18.3 Å². The van der Waals surface area contributed by atoms with E-state index in [0.29, 0.717) is 22.6 Å². The lowest BCUT2D eigenvalue weighted by Crippen LogP contribution is -2.04. The summed E-state index contributed by atoms with van der Waals surface area (Å²) >= 11 is 0. The molecule has 1 aromatic heterocycles. The van der Waals surface area contributed by atoms with Crippen molar-refractivity contribution in [3.63, 3.8) is 0 Å². The van der Waals surface area contributed by atoms with Crippen LogP contribution in [-0.2, 0) is 6.18 Å². The van der Waals surface area contributed by atoms with Crippen LogP contribution in [0.25, 0.3) is 22.3 Å². The van der Waals surface area contributed by atoms with Gasteiger partial charge in [0.15, 0.2) is 5.82 Å². The van der Waals surface area contributed by atoms with Gasteiger partial charge in [-0.25, -0.2) is 9.97 Å². The van der Waals surface area contributed by atoms with Gasteiger partial charge in [-0.15, -0.1) is 0 Å². The standard InChI is InChI=1S/C22H15F3N4/c23-22(24,25)17-12-10-15(11-13-17)14-26-29-21-20(16-6-2-1-3-7-16)27-18-8-4-5-9-19(18)28-21/h1-14H,(H,28,29)/b26-14+. The average Bonchev–Trinajstić information content (AvgIpc) is 2.73. The molecule has 1 N–H and O–H groups in total. The summed E-state index contributed by atoms with van der Waals surface area (Å²) in [6, 6.07) is 21.8. The Morgan fingerprint density at radius 2 is 1.38 bits per heavy atom. The molecule has 1 heterocycles. The number of fused-ring (bicyclic) bond motifs is 1. The molecule has 0 fully saturated rings. The minimum Gasteiger partial charge on any atom is -0.260 e. The molecule has 0 radical (unpaired) electrons. The molecule has 0 saturated carbocycles. The van der Waals surface area contributed by atoms with Gasteiger partial charge in [-0.05, 0) is 29.8 Å². The minimum absolute atomic E-state index is 0.457. The Bertz CT molecular complexity index is 1150. The second-order valence-electron chi connectivity index (χ2n) is 6.27. The van der Waals surface area contributed by atoms with Crippen LogP contribution >= 0.6 is 0 Å². The number of hydrazone groups is 1. The normalized spacial score (nSPS) is 11.8. The lowest BCUT2D eigenvalue weighted by Gasteiger charge is -2.09. The van der Waals surface area contributed by atoms with Crippen molar-refractivity contribution in [2.24, 2.45) is 5.10 Å². The number of nitrogens with one attached hydrogen (secondary N) is 1. The third-order valence-corrected chi connectivity index (χ3v) is 4.24. The van der Waals surface area contributed by atoms with E-state index < -0.39 is 11.7 Å². The molecule has 4 aromatic rings. The van der Waals surface area contributed by atoms with Gasteiger partial charge in [0, 0.05) is 5.56 Å². The number of nitrogens with zero attached hydrogens (tertiary/aromatic N) is 3. The highest BCUT2D eigenvalue weighted by Gasteiger charge is 2.29. The zero-order valence-corrected chi connectivity index (χ0v) is 15.1. The van der Waals surface area contributed by atoms with Crippen molar-refractivity contribution in [2.75, 3.05) is 5.43 Å². The first-order valence-corrected chi connectivity index (χ1v) is 8.79. The number of rotatable bonds is 4. The van der Waals surface area contributed by atoms with Gasteiger partial charge in [0.2, 0.25) is 0 Å². The van der Waals surface area contributed by atoms with Crippen LogP contribution in [0.1, 0.15) is 11.1 Å². The molecule has 7 heteroatoms. The molecular weight excluding hydrogens is 377 g/mol. The highest BCUT2D eigenvalue weighted by molar-refractivity contribution is 5.84. The van der Waals surface area contributed by atoms with Gasteiger partial charge in [0.05, 0.1) is 22.8 Å². The summed E-state index contributed by atoms with van der Waals surface area (Å²) in [5, 5.41) is 4.14. The highest BCUT2D eigenvalue weighted by Crippen LogP contribution is 2.29. The molecule has 0 atom stereocenters. The van der Waals surface area contributed by atoms with Gasteiger partial charge in [-0.3, -0.25) is 5.43 Å². The lowest BCUT2D eigenvalue weighted by atomic mass is 10.1. The van der Waals surface area contributed by atoms with Crippen molar-refractivity contribution >= 4 is 23.1 Å². The number of alkyl halides is 3. The Hall–Kier alpha value is -3.74. The Kier molecular flexibility index (Phi) is 4.95. The van der Waals surface area contributed by atoms with Gasteiger partial charge in [0.1, 0.15) is 5.69 Å². The van der Waals surface area contributed by atoms with E-state index in [2.05, 4.69) is 20.5 Å². The number of halogens is 3. The molecule has 0 bridgehead atoms. The topological polar surface area (TPSA) is 50.2 Å². The van der Waals surface area contributed by atoms with Crippen LogP contribution in [0.4, 0.5) is 19.0 Å². The number of hydrogen-bond acceptors (Lipinski definition) is 4. The quantitative estimate of drug-likeness (QED) is 0.355. The summed E-state index contributed by atoms with van der Waals surface area (Å²) in [6.07, 6.45) is -2.93. The summed E-state index contributed by atoms with van der Waals surface area (Å²) in [4.78, 5) is 9.28. The third kappa shape index (κ3) is 4.24. The van der Waals surface area contributed by atoms with Crippen molar-refractivity contribution in [3.05, 3.63) is 90.0 Å². The van der Waals surface area contributed by atoms with Gasteiger partial charge < -0.3 is 0 Å². The molecule has 0 aliphatic rings. The smallest absolute Gasteiger partial charge is 0.260 e. The van der Waals surface area contributed by atoms with Crippen LogP contribution in [0.15, 0.2) is 84.0 Å². The van der Waals surface area contributed by atoms with E-state index in [0.717, 1.165) is 23.2 Å². The first-order chi connectivity index (χ1) is 14.0. The predicted octanol–water partition coefficient (Wildman–Crippen LogP) is 5.76. The zero-order valence-electron chi connectivity index (χ0n) is 15.1. The molecule has 3 aromatic carbocycles. The first-order valence-electron chi connectivity index (χ1n) is 8.79. The fourth-order valence-electron chi connectivity index (χ4n) is 2.80. The van der Waals surface area contributed by atoms with E-state index in [-0.39, 0.29) is 0 Å². The maximum absolute atomic E-state index is 12.7. The van der Waals surface area contributed by atoms with Gasteiger partial charge in [-0.1, -0.05) is 54.6 Å². The molecule has 0 aliphatic carbocycles. The van der Waals surface area contributed by atoms with Crippen molar-refractivity contribution in [3.8, 4) is 11.3 Å². The van der Waals surface area contributed by atoms with E-state index in [4.69, 9.17) is 0 Å². The van der Waals surface area contributed by atoms with Crippen molar-refractivity contribution in [1.82, 2.24) is 9.97 Å². The molecule has 29 heavy (non-hydrogen) atoms. The fourth-order valence-corrected chi connectivity index (χ4v) is 2.80. The SMILES string of the molecule is FC(F)(F)c1ccc(/C=N/Nc2nc3ccccc3nc2-c2ccccc2)cc1. The van der Waals surface area contributed by atoms with E-state index >= 15 is 0 Å². The van der Waals surface area contributed by atoms with E-state index in [1.807, 2.05) is 54.6 Å². The maximum atomic E-state index is 12.7. The largest absolute Gasteiger partial charge is 0.416 e. The monoisotopic (exact) mass is 392 g/mol. The van der Waals surface area contributed by atoms with Crippen molar-refractivity contribution in [2.45, 2.75) is 6.18 Å². The Labute approximate surface area is 164 Å². The molecule has 0 saturated heterocycles. The average molecular weight is 392 g/mol. The molecule has 0 unspecified atom stereocenters. The summed E-state index contributed by atoms with van der Waals surface area (Å²) in [7, 11) is 0. The van der Waals surface area contributed by atoms with E-state index in [1.54, 1.807) is 0 Å². The summed E-state index contributed by atoms with van der Waals surface area (Å²) in [5.41, 5.74) is 5.67. The zero-order chi connectivity index (χ0) is 20.3. The number of anilines is 1. The molecule has 0 spiro atoms. The Morgan fingerprint density at radius 3 is 2.03 bits per heavy atom. The first kappa shape index (κ1) is 18.6. The fraction of sp³-hybridized carbons (Fsp3) is 0.0455. The number of hydrogen-bond donors (Lipinski definition) is 1. The second kappa shape index (κ2) is 7.71. The predicted molar refractivity (Wildman–Crippen MR) is 108 cm³/mol. The van der Waals surface area contributed by atoms with Crippen LogP contribution in [-0.4, -0.2) is 16.2 Å². The molecule has 4 rings (SSSR count). The third-order valence-electron chi connectivity index (χ3n) is 4.24. The van der Waals surface area contributed by atoms with E-state index in [9.17, 15) is 13.2 Å². The van der Waals surface area contributed by atoms with E-state index in [1.165, 1.54) is 18.3 Å². The number of para-hydroxylation sites is 2. The molecule has 4 nitrogen and oxygen atoms in total. The lowest BCUT2D eigenvalue weighted by molar-refractivity contribution is -0.137. The molecule has 0 aliphatic heterocycles. The maximum Gasteiger partial charge on any atom is 0.416 e. The van der Waals surface area contributed by atoms with Crippen LogP contribution < -0.4 is 5.43 Å². The van der Waals surface area contributed by atoms with Crippen LogP contribution in [0.5, 0.6) is 0 Å². The Morgan fingerprint density at radius 1 is 0.759 bits per heavy atom. The van der Waals surface area contributed by atoms with Gasteiger partial charge in [0.25, 0.3) is 0 Å². The Balaban J connectivity index is 1.64. The van der Waals surface area contributed by atoms with Crippen LogP contribution in [0.3, 0.4) is 0 Å². The molecule has 0 amide bonds. The summed E-state index contributed by atoms with van der Waals surface area (Å²) in [5.74, 6) is 0.457. The number of benzene rings is 3. The van der Waals surface area contributed by atoms with Crippen molar-refractivity contribution in [1.29, 1.82) is 0 Å². The second-order valence-corrected chi connectivity index (χ2v) is 6.27. The summed E-state index contributed by atoms with van der Waals surface area (Å²) < 4.78 is 38.0. The molecule has 144 valence electrons. The number of aromatic nitrogens is 2. The summed E-state index contributed by atoms with van der Waals surface area (Å²) in [6.45, 7) is 0. The van der Waals surface area contributed by atoms with Crippen molar-refractivity contribution < 1.29 is 13.2 Å². The highest BCUT2D eigenvalue weighted by atomic mass is 19.4. The van der Waals surface area contributed by atoms with Crippen LogP contribution in [0, 0.1) is 0 Å². The van der Waals surface area contributed by atoms with Gasteiger partial charge >= 0.3 is 6.18 Å².